The minimum absolute atomic E-state index is 0. The van der Waals surface area contributed by atoms with Gasteiger partial charge in [-0.1, -0.05) is 29.1 Å². The van der Waals surface area contributed by atoms with E-state index in [-0.39, 0.29) is 31.1 Å². The van der Waals surface area contributed by atoms with Crippen molar-refractivity contribution in [1.82, 2.24) is 19.8 Å². The molecule has 0 spiro atoms. The largest absolute Gasteiger partial charge is 2.00 e. The predicted molar refractivity (Wildman–Crippen MR) is 162 cm³/mol. The van der Waals surface area contributed by atoms with Crippen LogP contribution in [0.15, 0.2) is 49.3 Å². The molecule has 2 saturated heterocycles. The second kappa shape index (κ2) is 18.8. The number of aromatic nitrogens is 2. The average molecular weight is 804 g/mol. The zero-order valence-electron chi connectivity index (χ0n) is 23.7. The van der Waals surface area contributed by atoms with Crippen molar-refractivity contribution in [1.29, 1.82) is 0 Å². The first-order valence-electron chi connectivity index (χ1n) is 14.0. The van der Waals surface area contributed by atoms with Gasteiger partial charge in [-0.25, -0.2) is 4.98 Å². The first-order valence-corrected chi connectivity index (χ1v) is 14.4. The molecule has 0 bridgehead atoms. The van der Waals surface area contributed by atoms with Crippen LogP contribution in [0.4, 0.5) is 11.5 Å². The van der Waals surface area contributed by atoms with E-state index in [4.69, 9.17) is 25.8 Å². The second-order valence-electron chi connectivity index (χ2n) is 9.71. The molecule has 3 heterocycles. The Balaban J connectivity index is 0.000000396. The molecule has 2 aromatic carbocycles. The van der Waals surface area contributed by atoms with E-state index in [9.17, 15) is 0 Å². The molecule has 2 fully saturated rings. The van der Waals surface area contributed by atoms with Gasteiger partial charge in [0.1, 0.15) is 6.33 Å². The first kappa shape index (κ1) is 33.8. The Hall–Kier alpha value is -1.70. The Kier molecular flexibility index (Phi) is 15.5. The molecular formula is C31H40ClN5O3U. The summed E-state index contributed by atoms with van der Waals surface area (Å²) in [4.78, 5) is 13.6. The van der Waals surface area contributed by atoms with E-state index in [1.165, 1.54) is 0 Å². The molecule has 2 aliphatic rings. The van der Waals surface area contributed by atoms with Gasteiger partial charge in [0, 0.05) is 49.2 Å². The predicted octanol–water partition coefficient (Wildman–Crippen LogP) is 5.20. The average Bonchev–Trinajstić information content (AvgIpc) is 2.98. The van der Waals surface area contributed by atoms with E-state index in [1.54, 1.807) is 6.33 Å². The van der Waals surface area contributed by atoms with Crippen LogP contribution in [0.5, 0.6) is 5.75 Å². The molecule has 0 amide bonds. The molecule has 10 heteroatoms. The summed E-state index contributed by atoms with van der Waals surface area (Å²) in [5.74, 6) is 1.39. The summed E-state index contributed by atoms with van der Waals surface area (Å²) in [6, 6.07) is 12.8. The van der Waals surface area contributed by atoms with Crippen LogP contribution in [-0.2, 0) is 15.9 Å². The normalized spacial score (nSPS) is 15.9. The van der Waals surface area contributed by atoms with E-state index < -0.39 is 0 Å². The molecule has 0 unspecified atom stereocenters. The number of hydrogen-bond donors (Lipinski definition) is 1. The summed E-state index contributed by atoms with van der Waals surface area (Å²) >= 11 is 6.37. The van der Waals surface area contributed by atoms with Gasteiger partial charge in [-0.3, -0.25) is 9.88 Å². The summed E-state index contributed by atoms with van der Waals surface area (Å²) in [5, 5.41) is 4.89. The molecule has 41 heavy (non-hydrogen) atoms. The maximum atomic E-state index is 6.37. The standard InChI is InChI=1S/C24H26ClN4O2.C7H14NO.U/c1-2-4-18-5-6-19(15-22(18)25)28-24-21-8-7-20(16-23(21)26-17-27-24)31-12-3-9-29-10-13-30-14-11-29;1-2-3-8-4-6-9-7-5-8;/h2,5-6,8,15-17H,1,3-4,9-14H2,(H,26,27,28);1-7H2;/q2*-1;+2. The molecule has 5 rings (SSSR count). The van der Waals surface area contributed by atoms with Gasteiger partial charge in [0.15, 0.2) is 0 Å². The minimum atomic E-state index is 0. The number of halogens is 1. The van der Waals surface area contributed by atoms with Crippen LogP contribution in [0.25, 0.3) is 10.9 Å². The molecule has 0 saturated carbocycles. The third-order valence-corrected chi connectivity index (χ3v) is 7.13. The molecule has 0 atom stereocenters. The fraction of sp³-hybridized carbons (Fsp3) is 0.452. The Bertz CT molecular complexity index is 1200. The van der Waals surface area contributed by atoms with E-state index in [0.29, 0.717) is 23.2 Å². The Morgan fingerprint density at radius 3 is 2.41 bits per heavy atom. The fourth-order valence-electron chi connectivity index (χ4n) is 4.58. The van der Waals surface area contributed by atoms with E-state index in [0.717, 1.165) is 107 Å². The van der Waals surface area contributed by atoms with Crippen molar-refractivity contribution in [3.05, 3.63) is 72.9 Å². The molecule has 1 aromatic heterocycles. The summed E-state index contributed by atoms with van der Waals surface area (Å²) in [6.45, 7) is 18.0. The smallest absolute Gasteiger partial charge is 0.519 e. The van der Waals surface area contributed by atoms with E-state index >= 15 is 0 Å². The van der Waals surface area contributed by atoms with Crippen molar-refractivity contribution < 1.29 is 45.3 Å². The van der Waals surface area contributed by atoms with Gasteiger partial charge in [-0.15, -0.1) is 18.7 Å². The molecule has 8 nitrogen and oxygen atoms in total. The quantitative estimate of drug-likeness (QED) is 0.161. The number of hydrogen-bond acceptors (Lipinski definition) is 8. The van der Waals surface area contributed by atoms with Gasteiger partial charge in [0.05, 0.1) is 38.9 Å². The number of morpholine rings is 2. The molecule has 3 aromatic rings. The van der Waals surface area contributed by atoms with Crippen LogP contribution >= 0.6 is 11.6 Å². The van der Waals surface area contributed by atoms with E-state index in [2.05, 4.69) is 44.7 Å². The van der Waals surface area contributed by atoms with Crippen molar-refractivity contribution >= 4 is 34.0 Å². The Labute approximate surface area is 273 Å². The molecule has 1 N–H and O–H groups in total. The van der Waals surface area contributed by atoms with Crippen LogP contribution in [-0.4, -0.2) is 92.1 Å². The summed E-state index contributed by atoms with van der Waals surface area (Å²) in [6.07, 6.45) is 6.09. The zero-order valence-corrected chi connectivity index (χ0v) is 28.7. The minimum Gasteiger partial charge on any atom is -0.519 e. The van der Waals surface area contributed by atoms with Crippen molar-refractivity contribution in [2.45, 2.75) is 19.3 Å². The second-order valence-corrected chi connectivity index (χ2v) is 10.1. The van der Waals surface area contributed by atoms with Crippen LogP contribution in [0, 0.1) is 44.1 Å². The van der Waals surface area contributed by atoms with Gasteiger partial charge in [0.25, 0.3) is 0 Å². The maximum absolute atomic E-state index is 6.37. The molecular weight excluding hydrogens is 764 g/mol. The fourth-order valence-corrected chi connectivity index (χ4v) is 4.84. The zero-order chi connectivity index (χ0) is 28.0. The number of allylic oxidation sites excluding steroid dienone is 1. The number of anilines is 2. The van der Waals surface area contributed by atoms with Crippen molar-refractivity contribution in [2.24, 2.45) is 0 Å². The van der Waals surface area contributed by atoms with Gasteiger partial charge in [-0.05, 0) is 42.6 Å². The molecule has 2 aliphatic heterocycles. The Morgan fingerprint density at radius 1 is 1.05 bits per heavy atom. The topological polar surface area (TPSA) is 72.0 Å². The summed E-state index contributed by atoms with van der Waals surface area (Å²) < 4.78 is 16.5. The third-order valence-electron chi connectivity index (χ3n) is 6.78. The van der Waals surface area contributed by atoms with Crippen molar-refractivity contribution in [3.63, 3.8) is 0 Å². The van der Waals surface area contributed by atoms with Crippen LogP contribution in [0.3, 0.4) is 0 Å². The number of rotatable bonds is 11. The SMILES string of the molecule is C=CCc1ccc(Nc2ncnc3cc(OCCCN4CCOCC4)[c-]cc23)cc1Cl.[CH2-]CCN1CCOCC1.[U+2]. The van der Waals surface area contributed by atoms with Gasteiger partial charge in [0.2, 0.25) is 0 Å². The molecule has 218 valence electrons. The van der Waals surface area contributed by atoms with Crippen LogP contribution < -0.4 is 10.1 Å². The monoisotopic (exact) mass is 803 g/mol. The summed E-state index contributed by atoms with van der Waals surface area (Å²) in [7, 11) is 0. The van der Waals surface area contributed by atoms with Crippen LogP contribution in [0.1, 0.15) is 18.4 Å². The number of fused-ring (bicyclic) bond motifs is 1. The van der Waals surface area contributed by atoms with Gasteiger partial charge >= 0.3 is 31.1 Å². The number of nitrogens with zero attached hydrogens (tertiary/aromatic N) is 4. The number of ether oxygens (including phenoxy) is 3. The third kappa shape index (κ3) is 11.1. The Morgan fingerprint density at radius 2 is 1.76 bits per heavy atom. The number of nitrogens with one attached hydrogen (secondary N) is 1. The first-order chi connectivity index (χ1) is 19.7. The molecule has 0 radical (unpaired) electrons. The molecule has 0 aliphatic carbocycles. The van der Waals surface area contributed by atoms with Gasteiger partial charge < -0.3 is 31.4 Å². The number of benzene rings is 2. The van der Waals surface area contributed by atoms with Gasteiger partial charge in [-0.2, -0.15) is 12.5 Å². The van der Waals surface area contributed by atoms with Crippen molar-refractivity contribution in [3.8, 4) is 5.75 Å². The summed E-state index contributed by atoms with van der Waals surface area (Å²) in [5.41, 5.74) is 2.70. The van der Waals surface area contributed by atoms with E-state index in [1.807, 2.05) is 36.4 Å². The van der Waals surface area contributed by atoms with Crippen molar-refractivity contribution in [2.75, 3.05) is 77.6 Å². The van der Waals surface area contributed by atoms with Crippen LogP contribution in [0.2, 0.25) is 5.02 Å². The maximum Gasteiger partial charge on any atom is 2.00 e.